The summed E-state index contributed by atoms with van der Waals surface area (Å²) < 4.78 is 50.7. The van der Waals surface area contributed by atoms with Crippen molar-refractivity contribution in [2.24, 2.45) is 0 Å². The SMILES string of the molecule is CS(=O)(=O)OCCC1CCCCN1S(C)(=O)=O. The number of sulfonamides is 1. The van der Waals surface area contributed by atoms with Gasteiger partial charge in [0.15, 0.2) is 0 Å². The molecule has 1 aliphatic rings. The van der Waals surface area contributed by atoms with Crippen LogP contribution in [0.2, 0.25) is 0 Å². The van der Waals surface area contributed by atoms with E-state index < -0.39 is 20.1 Å². The highest BCUT2D eigenvalue weighted by Gasteiger charge is 2.29. The second-order valence-electron chi connectivity index (χ2n) is 4.34. The summed E-state index contributed by atoms with van der Waals surface area (Å²) >= 11 is 0. The highest BCUT2D eigenvalue weighted by molar-refractivity contribution is 7.88. The van der Waals surface area contributed by atoms with E-state index in [1.807, 2.05) is 0 Å². The lowest BCUT2D eigenvalue weighted by Gasteiger charge is -2.33. The van der Waals surface area contributed by atoms with Crippen molar-refractivity contribution in [3.05, 3.63) is 0 Å². The molecule has 1 heterocycles. The van der Waals surface area contributed by atoms with Crippen molar-refractivity contribution in [3.8, 4) is 0 Å². The summed E-state index contributed by atoms with van der Waals surface area (Å²) in [6.45, 7) is 0.553. The zero-order chi connectivity index (χ0) is 13.1. The second kappa shape index (κ2) is 5.64. The predicted molar refractivity (Wildman–Crippen MR) is 64.6 cm³/mol. The number of rotatable bonds is 5. The maximum atomic E-state index is 11.5. The third-order valence-electron chi connectivity index (χ3n) is 2.75. The summed E-state index contributed by atoms with van der Waals surface area (Å²) in [4.78, 5) is 0. The minimum absolute atomic E-state index is 0.0372. The third-order valence-corrected chi connectivity index (χ3v) is 4.68. The van der Waals surface area contributed by atoms with Gasteiger partial charge in [0, 0.05) is 12.6 Å². The van der Waals surface area contributed by atoms with E-state index in [-0.39, 0.29) is 12.6 Å². The van der Waals surface area contributed by atoms with Crippen LogP contribution in [-0.4, -0.2) is 52.8 Å². The summed E-state index contributed by atoms with van der Waals surface area (Å²) in [6.07, 6.45) is 5.18. The first-order chi connectivity index (χ1) is 7.70. The van der Waals surface area contributed by atoms with E-state index in [1.165, 1.54) is 10.6 Å². The Morgan fingerprint density at radius 3 is 2.35 bits per heavy atom. The van der Waals surface area contributed by atoms with E-state index in [2.05, 4.69) is 4.18 Å². The van der Waals surface area contributed by atoms with Crippen molar-refractivity contribution >= 4 is 20.1 Å². The van der Waals surface area contributed by atoms with Crippen molar-refractivity contribution in [2.75, 3.05) is 25.7 Å². The zero-order valence-electron chi connectivity index (χ0n) is 10.1. The molecule has 0 spiro atoms. The maximum absolute atomic E-state index is 11.5. The minimum Gasteiger partial charge on any atom is -0.270 e. The molecule has 1 aliphatic heterocycles. The predicted octanol–water partition coefficient (Wildman–Crippen LogP) is 0.167. The van der Waals surface area contributed by atoms with Crippen molar-refractivity contribution in [2.45, 2.75) is 31.7 Å². The molecule has 17 heavy (non-hydrogen) atoms. The van der Waals surface area contributed by atoms with Crippen LogP contribution in [0.1, 0.15) is 25.7 Å². The lowest BCUT2D eigenvalue weighted by atomic mass is 10.0. The Bertz CT molecular complexity index is 442. The number of hydrogen-bond donors (Lipinski definition) is 0. The van der Waals surface area contributed by atoms with Gasteiger partial charge >= 0.3 is 0 Å². The fourth-order valence-electron chi connectivity index (χ4n) is 2.03. The Balaban J connectivity index is 2.55. The molecule has 1 saturated heterocycles. The Morgan fingerprint density at radius 2 is 1.82 bits per heavy atom. The zero-order valence-corrected chi connectivity index (χ0v) is 11.8. The molecule has 0 N–H and O–H groups in total. The molecule has 0 aliphatic carbocycles. The number of piperidine rings is 1. The van der Waals surface area contributed by atoms with Crippen LogP contribution in [0.4, 0.5) is 0 Å². The van der Waals surface area contributed by atoms with Crippen molar-refractivity contribution < 1.29 is 21.0 Å². The van der Waals surface area contributed by atoms with Crippen molar-refractivity contribution in [1.29, 1.82) is 0 Å². The average Bonchev–Trinajstić information content (AvgIpc) is 2.15. The molecular weight excluding hydrogens is 266 g/mol. The summed E-state index contributed by atoms with van der Waals surface area (Å²) in [5.41, 5.74) is 0. The molecule has 0 aromatic heterocycles. The number of nitrogens with zero attached hydrogens (tertiary/aromatic N) is 1. The first-order valence-electron chi connectivity index (χ1n) is 5.51. The lowest BCUT2D eigenvalue weighted by molar-refractivity contribution is 0.206. The average molecular weight is 285 g/mol. The van der Waals surface area contributed by atoms with E-state index in [1.54, 1.807) is 0 Å². The standard InChI is InChI=1S/C9H19NO5S2/c1-16(11,12)10-7-4-3-5-9(10)6-8-15-17(2,13)14/h9H,3-8H2,1-2H3. The van der Waals surface area contributed by atoms with Crippen LogP contribution < -0.4 is 0 Å². The van der Waals surface area contributed by atoms with Crippen LogP contribution in [0, 0.1) is 0 Å². The Morgan fingerprint density at radius 1 is 1.18 bits per heavy atom. The first-order valence-corrected chi connectivity index (χ1v) is 9.18. The van der Waals surface area contributed by atoms with Crippen LogP contribution in [0.25, 0.3) is 0 Å². The molecule has 0 amide bonds. The first kappa shape index (κ1) is 14.9. The van der Waals surface area contributed by atoms with Gasteiger partial charge in [-0.2, -0.15) is 12.7 Å². The molecule has 0 saturated carbocycles. The minimum atomic E-state index is -3.45. The fraction of sp³-hybridized carbons (Fsp3) is 1.00. The summed E-state index contributed by atoms with van der Waals surface area (Å²) in [5.74, 6) is 0. The van der Waals surface area contributed by atoms with E-state index in [4.69, 9.17) is 0 Å². The normalized spacial score (nSPS) is 23.8. The van der Waals surface area contributed by atoms with Crippen LogP contribution in [0.3, 0.4) is 0 Å². The molecule has 1 rings (SSSR count). The van der Waals surface area contributed by atoms with E-state index in [0.717, 1.165) is 25.5 Å². The van der Waals surface area contributed by atoms with Crippen molar-refractivity contribution in [3.63, 3.8) is 0 Å². The van der Waals surface area contributed by atoms with Gasteiger partial charge in [-0.3, -0.25) is 4.18 Å². The van der Waals surface area contributed by atoms with E-state index in [9.17, 15) is 16.8 Å². The van der Waals surface area contributed by atoms with Gasteiger partial charge in [0.2, 0.25) is 10.0 Å². The largest absolute Gasteiger partial charge is 0.270 e. The molecule has 0 bridgehead atoms. The smallest absolute Gasteiger partial charge is 0.264 e. The molecule has 0 aromatic rings. The van der Waals surface area contributed by atoms with Crippen LogP contribution in [0.5, 0.6) is 0 Å². The van der Waals surface area contributed by atoms with Gasteiger partial charge < -0.3 is 0 Å². The quantitative estimate of drug-likeness (QED) is 0.672. The van der Waals surface area contributed by atoms with Crippen LogP contribution in [-0.2, 0) is 24.3 Å². The molecule has 1 atom stereocenters. The van der Waals surface area contributed by atoms with Gasteiger partial charge in [0.05, 0.1) is 19.1 Å². The molecule has 0 aromatic carbocycles. The van der Waals surface area contributed by atoms with Gasteiger partial charge in [-0.15, -0.1) is 0 Å². The summed E-state index contributed by atoms with van der Waals surface area (Å²) in [5, 5.41) is 0. The highest BCUT2D eigenvalue weighted by Crippen LogP contribution is 2.22. The molecule has 0 radical (unpaired) electrons. The molecule has 102 valence electrons. The van der Waals surface area contributed by atoms with Gasteiger partial charge in [-0.1, -0.05) is 6.42 Å². The molecule has 1 fully saturated rings. The van der Waals surface area contributed by atoms with Gasteiger partial charge in [0.25, 0.3) is 10.1 Å². The highest BCUT2D eigenvalue weighted by atomic mass is 32.2. The monoisotopic (exact) mass is 285 g/mol. The van der Waals surface area contributed by atoms with E-state index in [0.29, 0.717) is 13.0 Å². The van der Waals surface area contributed by atoms with Gasteiger partial charge in [-0.05, 0) is 19.3 Å². The Labute approximate surface area is 103 Å². The van der Waals surface area contributed by atoms with E-state index >= 15 is 0 Å². The Kier molecular flexibility index (Phi) is 4.94. The maximum Gasteiger partial charge on any atom is 0.264 e. The Hall–Kier alpha value is -0.180. The topological polar surface area (TPSA) is 80.8 Å². The summed E-state index contributed by atoms with van der Waals surface area (Å²) in [7, 11) is -6.66. The fourth-order valence-corrected chi connectivity index (χ4v) is 3.65. The second-order valence-corrected chi connectivity index (χ2v) is 7.92. The third kappa shape index (κ3) is 5.33. The van der Waals surface area contributed by atoms with Crippen molar-refractivity contribution in [1.82, 2.24) is 4.31 Å². The molecule has 6 nitrogen and oxygen atoms in total. The van der Waals surface area contributed by atoms with Gasteiger partial charge in [0.1, 0.15) is 0 Å². The lowest BCUT2D eigenvalue weighted by Crippen LogP contribution is -2.43. The number of hydrogen-bond acceptors (Lipinski definition) is 5. The molecule has 1 unspecified atom stereocenters. The summed E-state index contributed by atoms with van der Waals surface area (Å²) in [6, 6.07) is -0.138. The van der Waals surface area contributed by atoms with Crippen LogP contribution in [0.15, 0.2) is 0 Å². The van der Waals surface area contributed by atoms with Crippen LogP contribution >= 0.6 is 0 Å². The molecular formula is C9H19NO5S2. The van der Waals surface area contributed by atoms with Gasteiger partial charge in [-0.25, -0.2) is 8.42 Å². The molecule has 8 heteroatoms.